The van der Waals surface area contributed by atoms with Crippen LogP contribution in [0.4, 0.5) is 10.1 Å². The summed E-state index contributed by atoms with van der Waals surface area (Å²) >= 11 is 6.00. The highest BCUT2D eigenvalue weighted by molar-refractivity contribution is 6.33. The molecule has 1 saturated heterocycles. The van der Waals surface area contributed by atoms with Crippen LogP contribution in [0.3, 0.4) is 0 Å². The zero-order valence-corrected chi connectivity index (χ0v) is 10.6. The lowest BCUT2D eigenvalue weighted by atomic mass is 9.96. The number of hydrogen-bond donors (Lipinski definition) is 1. The maximum atomic E-state index is 13.7. The fraction of sp³-hybridized carbons (Fsp3) is 0.538. The van der Waals surface area contributed by atoms with E-state index in [-0.39, 0.29) is 11.9 Å². The van der Waals surface area contributed by atoms with Crippen molar-refractivity contribution in [3.63, 3.8) is 0 Å². The van der Waals surface area contributed by atoms with Crippen molar-refractivity contribution in [2.24, 2.45) is 5.92 Å². The molecule has 2 unspecified atom stereocenters. The minimum atomic E-state index is -0.296. The number of ether oxygens (including phenoxy) is 1. The Morgan fingerprint density at radius 1 is 1.59 bits per heavy atom. The Hall–Kier alpha value is -0.800. The molecule has 1 aliphatic rings. The summed E-state index contributed by atoms with van der Waals surface area (Å²) in [4.78, 5) is 0. The third kappa shape index (κ3) is 2.90. The van der Waals surface area contributed by atoms with Crippen LogP contribution in [0.1, 0.15) is 19.8 Å². The van der Waals surface area contributed by atoms with Crippen LogP contribution in [0.15, 0.2) is 18.2 Å². The number of anilines is 1. The van der Waals surface area contributed by atoms with E-state index in [1.54, 1.807) is 12.1 Å². The van der Waals surface area contributed by atoms with Crippen molar-refractivity contribution in [3.05, 3.63) is 29.0 Å². The number of rotatable bonds is 4. The second kappa shape index (κ2) is 5.69. The molecule has 2 atom stereocenters. The van der Waals surface area contributed by atoms with Gasteiger partial charge in [0.1, 0.15) is 5.82 Å². The second-order valence-electron chi connectivity index (χ2n) is 4.38. The molecule has 1 heterocycles. The van der Waals surface area contributed by atoms with Gasteiger partial charge in [0.2, 0.25) is 0 Å². The highest BCUT2D eigenvalue weighted by Gasteiger charge is 2.25. The van der Waals surface area contributed by atoms with Crippen molar-refractivity contribution in [1.29, 1.82) is 0 Å². The van der Waals surface area contributed by atoms with E-state index in [1.807, 2.05) is 0 Å². The van der Waals surface area contributed by atoms with E-state index in [4.69, 9.17) is 16.3 Å². The first kappa shape index (κ1) is 12.7. The molecular formula is C13H17ClFNO. The summed E-state index contributed by atoms with van der Waals surface area (Å²) in [5.41, 5.74) is 0.410. The van der Waals surface area contributed by atoms with Crippen LogP contribution in [0.2, 0.25) is 5.02 Å². The van der Waals surface area contributed by atoms with E-state index in [1.165, 1.54) is 6.07 Å². The van der Waals surface area contributed by atoms with Gasteiger partial charge >= 0.3 is 0 Å². The molecule has 0 saturated carbocycles. The lowest BCUT2D eigenvalue weighted by molar-refractivity contribution is 0.182. The second-order valence-corrected chi connectivity index (χ2v) is 4.79. The average Bonchev–Trinajstić information content (AvgIpc) is 2.82. The predicted octanol–water partition coefficient (Wildman–Crippen LogP) is 3.71. The van der Waals surface area contributed by atoms with E-state index in [2.05, 4.69) is 12.2 Å². The predicted molar refractivity (Wildman–Crippen MR) is 68.0 cm³/mol. The maximum absolute atomic E-state index is 13.7. The molecule has 0 bridgehead atoms. The summed E-state index contributed by atoms with van der Waals surface area (Å²) in [6, 6.07) is 4.95. The Labute approximate surface area is 106 Å². The molecule has 1 fully saturated rings. The first-order chi connectivity index (χ1) is 8.22. The fourth-order valence-corrected chi connectivity index (χ4v) is 2.46. The zero-order chi connectivity index (χ0) is 12.3. The number of benzene rings is 1. The number of nitrogens with one attached hydrogen (secondary N) is 1. The van der Waals surface area contributed by atoms with E-state index >= 15 is 0 Å². The van der Waals surface area contributed by atoms with Crippen molar-refractivity contribution >= 4 is 17.3 Å². The van der Waals surface area contributed by atoms with Crippen LogP contribution in [-0.4, -0.2) is 19.3 Å². The van der Waals surface area contributed by atoms with Gasteiger partial charge in [-0.3, -0.25) is 0 Å². The molecule has 1 aromatic carbocycles. The molecule has 1 N–H and O–H groups in total. The van der Waals surface area contributed by atoms with Crippen LogP contribution in [-0.2, 0) is 4.74 Å². The molecule has 0 aromatic heterocycles. The average molecular weight is 258 g/mol. The summed E-state index contributed by atoms with van der Waals surface area (Å²) < 4.78 is 19.0. The van der Waals surface area contributed by atoms with E-state index in [0.29, 0.717) is 16.6 Å². The summed E-state index contributed by atoms with van der Waals surface area (Å²) in [6.07, 6.45) is 1.95. The molecule has 0 radical (unpaired) electrons. The maximum Gasteiger partial charge on any atom is 0.147 e. The van der Waals surface area contributed by atoms with E-state index < -0.39 is 0 Å². The van der Waals surface area contributed by atoms with Gasteiger partial charge in [-0.1, -0.05) is 24.6 Å². The Morgan fingerprint density at radius 2 is 2.41 bits per heavy atom. The summed E-state index contributed by atoms with van der Waals surface area (Å²) in [5, 5.41) is 3.65. The van der Waals surface area contributed by atoms with Gasteiger partial charge in [-0.25, -0.2) is 4.39 Å². The Balaban J connectivity index is 2.12. The van der Waals surface area contributed by atoms with Gasteiger partial charge < -0.3 is 10.1 Å². The van der Waals surface area contributed by atoms with Crippen LogP contribution in [0.25, 0.3) is 0 Å². The van der Waals surface area contributed by atoms with Crippen LogP contribution >= 0.6 is 11.6 Å². The summed E-state index contributed by atoms with van der Waals surface area (Å²) in [5.74, 6) is 0.144. The van der Waals surface area contributed by atoms with E-state index in [0.717, 1.165) is 26.1 Å². The smallest absolute Gasteiger partial charge is 0.147 e. The van der Waals surface area contributed by atoms with Crippen LogP contribution in [0.5, 0.6) is 0 Å². The van der Waals surface area contributed by atoms with Gasteiger partial charge in [0.25, 0.3) is 0 Å². The molecule has 1 aromatic rings. The lowest BCUT2D eigenvalue weighted by Gasteiger charge is -2.24. The first-order valence-electron chi connectivity index (χ1n) is 6.00. The highest BCUT2D eigenvalue weighted by atomic mass is 35.5. The number of para-hydroxylation sites is 1. The van der Waals surface area contributed by atoms with Crippen LogP contribution < -0.4 is 5.32 Å². The normalized spacial score (nSPS) is 21.5. The summed E-state index contributed by atoms with van der Waals surface area (Å²) in [6.45, 7) is 3.64. The molecule has 4 heteroatoms. The lowest BCUT2D eigenvalue weighted by Crippen LogP contribution is -2.29. The minimum Gasteiger partial charge on any atom is -0.381 e. The Kier molecular flexibility index (Phi) is 4.24. The first-order valence-corrected chi connectivity index (χ1v) is 6.38. The van der Waals surface area contributed by atoms with Crippen molar-refractivity contribution in [3.8, 4) is 0 Å². The van der Waals surface area contributed by atoms with Gasteiger partial charge in [0.05, 0.1) is 17.3 Å². The van der Waals surface area contributed by atoms with Gasteiger partial charge in [0, 0.05) is 18.6 Å². The molecule has 2 nitrogen and oxygen atoms in total. The van der Waals surface area contributed by atoms with Gasteiger partial charge in [0.15, 0.2) is 0 Å². The van der Waals surface area contributed by atoms with Gasteiger partial charge in [-0.2, -0.15) is 0 Å². The molecule has 0 amide bonds. The van der Waals surface area contributed by atoms with Crippen molar-refractivity contribution in [1.82, 2.24) is 0 Å². The minimum absolute atomic E-state index is 0.215. The van der Waals surface area contributed by atoms with Crippen molar-refractivity contribution < 1.29 is 9.13 Å². The fourth-order valence-electron chi connectivity index (χ4n) is 2.24. The van der Waals surface area contributed by atoms with Gasteiger partial charge in [-0.05, 0) is 25.0 Å². The number of halogens is 2. The molecule has 2 rings (SSSR count). The monoisotopic (exact) mass is 257 g/mol. The standard InChI is InChI=1S/C13H17ClFNO/c1-2-12(9-6-7-17-8-9)16-13-10(14)4-3-5-11(13)15/h3-5,9,12,16H,2,6-8H2,1H3. The molecule has 17 heavy (non-hydrogen) atoms. The topological polar surface area (TPSA) is 21.3 Å². The molecular weight excluding hydrogens is 241 g/mol. The third-order valence-corrected chi connectivity index (χ3v) is 3.58. The van der Waals surface area contributed by atoms with E-state index in [9.17, 15) is 4.39 Å². The largest absolute Gasteiger partial charge is 0.381 e. The SMILES string of the molecule is CCC(Nc1c(F)cccc1Cl)C1CCOC1. The molecule has 0 aliphatic carbocycles. The molecule has 0 spiro atoms. The summed E-state index contributed by atoms with van der Waals surface area (Å²) in [7, 11) is 0. The third-order valence-electron chi connectivity index (χ3n) is 3.27. The van der Waals surface area contributed by atoms with Crippen LogP contribution in [0, 0.1) is 11.7 Å². The molecule has 1 aliphatic heterocycles. The number of hydrogen-bond acceptors (Lipinski definition) is 2. The quantitative estimate of drug-likeness (QED) is 0.888. The van der Waals surface area contributed by atoms with Crippen molar-refractivity contribution in [2.75, 3.05) is 18.5 Å². The van der Waals surface area contributed by atoms with Crippen molar-refractivity contribution in [2.45, 2.75) is 25.8 Å². The van der Waals surface area contributed by atoms with Gasteiger partial charge in [-0.15, -0.1) is 0 Å². The highest BCUT2D eigenvalue weighted by Crippen LogP contribution is 2.29. The molecule has 94 valence electrons. The zero-order valence-electron chi connectivity index (χ0n) is 9.88. The Bertz CT molecular complexity index is 359. The Morgan fingerprint density at radius 3 is 3.00 bits per heavy atom.